The van der Waals surface area contributed by atoms with Crippen LogP contribution in [-0.4, -0.2) is 62.4 Å². The number of carbonyl (C=O) groups excluding carboxylic acids is 1. The van der Waals surface area contributed by atoms with Crippen molar-refractivity contribution in [3.8, 4) is 0 Å². The van der Waals surface area contributed by atoms with Gasteiger partial charge in [0.1, 0.15) is 0 Å². The van der Waals surface area contributed by atoms with Crippen molar-refractivity contribution in [1.82, 2.24) is 14.5 Å². The third-order valence-electron chi connectivity index (χ3n) is 5.51. The Morgan fingerprint density at radius 3 is 2.34 bits per heavy atom. The molecule has 1 aliphatic heterocycles. The molecule has 1 aromatic carbocycles. The molecule has 1 saturated heterocycles. The molecule has 1 aromatic rings. The molecule has 0 atom stereocenters. The second-order valence-corrected chi connectivity index (χ2v) is 9.31. The van der Waals surface area contributed by atoms with E-state index in [0.29, 0.717) is 6.07 Å². The van der Waals surface area contributed by atoms with Gasteiger partial charge in [-0.05, 0) is 50.4 Å². The van der Waals surface area contributed by atoms with Crippen molar-refractivity contribution in [2.45, 2.75) is 55.8 Å². The highest BCUT2D eigenvalue weighted by Crippen LogP contribution is 2.32. The molecular formula is C19H26F3N3O3S. The van der Waals surface area contributed by atoms with Gasteiger partial charge in [-0.15, -0.1) is 0 Å². The maximum absolute atomic E-state index is 12.9. The van der Waals surface area contributed by atoms with E-state index in [0.717, 1.165) is 63.5 Å². The summed E-state index contributed by atoms with van der Waals surface area (Å²) >= 11 is 0. The summed E-state index contributed by atoms with van der Waals surface area (Å²) in [5, 5.41) is 0. The Morgan fingerprint density at radius 1 is 1.17 bits per heavy atom. The van der Waals surface area contributed by atoms with E-state index in [1.54, 1.807) is 4.90 Å². The summed E-state index contributed by atoms with van der Waals surface area (Å²) in [5.41, 5.74) is -1.05. The minimum absolute atomic E-state index is 0.0795. The van der Waals surface area contributed by atoms with E-state index in [4.69, 9.17) is 0 Å². The predicted molar refractivity (Wildman–Crippen MR) is 102 cm³/mol. The molecule has 3 rings (SSSR count). The predicted octanol–water partition coefficient (Wildman–Crippen LogP) is 2.46. The van der Waals surface area contributed by atoms with Crippen LogP contribution in [0.5, 0.6) is 0 Å². The van der Waals surface area contributed by atoms with Gasteiger partial charge in [0.05, 0.1) is 17.0 Å². The van der Waals surface area contributed by atoms with E-state index in [1.807, 2.05) is 0 Å². The maximum Gasteiger partial charge on any atom is 0.416 e. The lowest BCUT2D eigenvalue weighted by Crippen LogP contribution is -2.51. The molecule has 2 fully saturated rings. The van der Waals surface area contributed by atoms with Gasteiger partial charge in [0.2, 0.25) is 15.9 Å². The highest BCUT2D eigenvalue weighted by atomic mass is 32.2. The van der Waals surface area contributed by atoms with Crippen molar-refractivity contribution in [1.29, 1.82) is 0 Å². The first-order chi connectivity index (χ1) is 13.6. The van der Waals surface area contributed by atoms with Crippen LogP contribution < -0.4 is 4.72 Å². The summed E-state index contributed by atoms with van der Waals surface area (Å²) in [5.74, 6) is -0.321. The quantitative estimate of drug-likeness (QED) is 0.717. The van der Waals surface area contributed by atoms with Crippen LogP contribution in [0.2, 0.25) is 0 Å². The number of rotatable bonds is 7. The summed E-state index contributed by atoms with van der Waals surface area (Å²) < 4.78 is 65.6. The summed E-state index contributed by atoms with van der Waals surface area (Å²) in [6.45, 7) is 4.39. The van der Waals surface area contributed by atoms with Crippen LogP contribution in [0.3, 0.4) is 0 Å². The van der Waals surface area contributed by atoms with Crippen molar-refractivity contribution >= 4 is 15.9 Å². The molecule has 0 spiro atoms. The summed E-state index contributed by atoms with van der Waals surface area (Å²) in [6.07, 6.45) is -1.15. The lowest BCUT2D eigenvalue weighted by Gasteiger charge is -2.38. The normalized spacial score (nSPS) is 19.3. The first kappa shape index (κ1) is 22.0. The molecule has 1 heterocycles. The highest BCUT2D eigenvalue weighted by molar-refractivity contribution is 7.89. The molecule has 0 unspecified atom stereocenters. The van der Waals surface area contributed by atoms with E-state index >= 15 is 0 Å². The monoisotopic (exact) mass is 433 g/mol. The van der Waals surface area contributed by atoms with Crippen LogP contribution in [0.25, 0.3) is 0 Å². The third-order valence-corrected chi connectivity index (χ3v) is 6.91. The fourth-order valence-corrected chi connectivity index (χ4v) is 4.76. The van der Waals surface area contributed by atoms with Crippen molar-refractivity contribution in [2.75, 3.05) is 26.2 Å². The van der Waals surface area contributed by atoms with Crippen LogP contribution in [0.1, 0.15) is 38.2 Å². The molecule has 162 valence electrons. The van der Waals surface area contributed by atoms with Crippen molar-refractivity contribution in [3.05, 3.63) is 29.8 Å². The Labute approximate surface area is 169 Å². The van der Waals surface area contributed by atoms with Crippen molar-refractivity contribution in [3.63, 3.8) is 0 Å². The average molecular weight is 433 g/mol. The molecule has 1 aliphatic carbocycles. The molecule has 1 amide bonds. The standard InChI is InChI=1S/C19H26F3N3O3S/c1-2-24-10-8-16(9-11-24)25(15-6-7-15)18(26)13-23-29(27,28)17-5-3-4-14(12-17)19(20,21)22/h3-5,12,15-16,23H,2,6-11,13H2,1H3. The molecule has 0 bridgehead atoms. The minimum Gasteiger partial charge on any atom is -0.335 e. The lowest BCUT2D eigenvalue weighted by atomic mass is 10.0. The second kappa shape index (κ2) is 8.61. The van der Waals surface area contributed by atoms with Crippen LogP contribution in [0.4, 0.5) is 13.2 Å². The summed E-state index contributed by atoms with van der Waals surface area (Å²) in [7, 11) is -4.23. The zero-order valence-electron chi connectivity index (χ0n) is 16.3. The Hall–Kier alpha value is -1.65. The highest BCUT2D eigenvalue weighted by Gasteiger charge is 2.38. The van der Waals surface area contributed by atoms with E-state index in [9.17, 15) is 26.4 Å². The largest absolute Gasteiger partial charge is 0.416 e. The molecule has 2 aliphatic rings. The van der Waals surface area contributed by atoms with Gasteiger partial charge in [0.25, 0.3) is 0 Å². The number of halogens is 3. The molecule has 0 aromatic heterocycles. The van der Waals surface area contributed by atoms with Gasteiger partial charge in [-0.25, -0.2) is 13.1 Å². The smallest absolute Gasteiger partial charge is 0.335 e. The van der Waals surface area contributed by atoms with Gasteiger partial charge in [-0.3, -0.25) is 4.79 Å². The molecule has 1 N–H and O–H groups in total. The summed E-state index contributed by atoms with van der Waals surface area (Å²) in [4.78, 5) is 16.4. The first-order valence-electron chi connectivity index (χ1n) is 9.82. The number of likely N-dealkylation sites (tertiary alicyclic amines) is 1. The van der Waals surface area contributed by atoms with Crippen molar-refractivity contribution in [2.24, 2.45) is 0 Å². The van der Waals surface area contributed by atoms with E-state index in [2.05, 4.69) is 16.5 Å². The number of sulfonamides is 1. The number of benzene rings is 1. The van der Waals surface area contributed by atoms with Crippen LogP contribution in [0, 0.1) is 0 Å². The van der Waals surface area contributed by atoms with Gasteiger partial charge in [0.15, 0.2) is 0 Å². The number of carbonyl (C=O) groups is 1. The van der Waals surface area contributed by atoms with Gasteiger partial charge in [0, 0.05) is 25.2 Å². The number of alkyl halides is 3. The number of nitrogens with one attached hydrogen (secondary N) is 1. The number of nitrogens with zero attached hydrogens (tertiary/aromatic N) is 2. The van der Waals surface area contributed by atoms with Crippen molar-refractivity contribution < 1.29 is 26.4 Å². The Kier molecular flexibility index (Phi) is 6.54. The molecule has 6 nitrogen and oxygen atoms in total. The number of hydrogen-bond donors (Lipinski definition) is 1. The average Bonchev–Trinajstić information content (AvgIpc) is 3.52. The topological polar surface area (TPSA) is 69.7 Å². The molecule has 10 heteroatoms. The zero-order valence-corrected chi connectivity index (χ0v) is 17.1. The SMILES string of the molecule is CCN1CCC(N(C(=O)CNS(=O)(=O)c2cccc(C(F)(F)F)c2)C2CC2)CC1. The maximum atomic E-state index is 12.9. The minimum atomic E-state index is -4.64. The molecular weight excluding hydrogens is 407 g/mol. The second-order valence-electron chi connectivity index (χ2n) is 7.55. The number of piperidine rings is 1. The van der Waals surface area contributed by atoms with Gasteiger partial charge < -0.3 is 9.80 Å². The van der Waals surface area contributed by atoms with Crippen LogP contribution in [-0.2, 0) is 21.0 Å². The summed E-state index contributed by atoms with van der Waals surface area (Å²) in [6, 6.07) is 3.72. The van der Waals surface area contributed by atoms with E-state index < -0.39 is 33.2 Å². The fraction of sp³-hybridized carbons (Fsp3) is 0.632. The number of amides is 1. The third kappa shape index (κ3) is 5.49. The van der Waals surface area contributed by atoms with Crippen LogP contribution >= 0.6 is 0 Å². The van der Waals surface area contributed by atoms with E-state index in [-0.39, 0.29) is 18.0 Å². The Balaban J connectivity index is 1.65. The first-order valence-corrected chi connectivity index (χ1v) is 11.3. The molecule has 1 saturated carbocycles. The molecule has 0 radical (unpaired) electrons. The lowest BCUT2D eigenvalue weighted by molar-refractivity contribution is -0.137. The van der Waals surface area contributed by atoms with Gasteiger partial charge in [-0.1, -0.05) is 13.0 Å². The Morgan fingerprint density at radius 2 is 1.79 bits per heavy atom. The van der Waals surface area contributed by atoms with Gasteiger partial charge >= 0.3 is 6.18 Å². The Bertz CT molecular complexity index is 833. The molecule has 29 heavy (non-hydrogen) atoms. The van der Waals surface area contributed by atoms with Gasteiger partial charge in [-0.2, -0.15) is 13.2 Å². The van der Waals surface area contributed by atoms with Crippen LogP contribution in [0.15, 0.2) is 29.2 Å². The fourth-order valence-electron chi connectivity index (χ4n) is 3.74. The zero-order chi connectivity index (χ0) is 21.2. The van der Waals surface area contributed by atoms with E-state index in [1.165, 1.54) is 0 Å². The number of hydrogen-bond acceptors (Lipinski definition) is 4.